The van der Waals surface area contributed by atoms with Crippen molar-refractivity contribution in [2.24, 2.45) is 11.8 Å². The first-order valence-electron chi connectivity index (χ1n) is 6.83. The number of likely N-dealkylation sites (tertiary alicyclic amines) is 1. The zero-order valence-electron chi connectivity index (χ0n) is 11.0. The number of carbonyl (C=O) groups is 1. The van der Waals surface area contributed by atoms with Gasteiger partial charge < -0.3 is 9.64 Å². The van der Waals surface area contributed by atoms with E-state index in [1.54, 1.807) is 11.8 Å². The number of nitrogens with one attached hydrogen (secondary N) is 1. The van der Waals surface area contributed by atoms with Gasteiger partial charge in [-0.15, -0.1) is 0 Å². The van der Waals surface area contributed by atoms with Crippen molar-refractivity contribution in [1.29, 1.82) is 0 Å². The van der Waals surface area contributed by atoms with Crippen molar-refractivity contribution in [2.75, 3.05) is 26.2 Å². The molecule has 1 N–H and O–H groups in total. The fourth-order valence-electron chi connectivity index (χ4n) is 2.99. The summed E-state index contributed by atoms with van der Waals surface area (Å²) in [6.07, 6.45) is 1.64. The van der Waals surface area contributed by atoms with Gasteiger partial charge in [-0.3, -0.25) is 4.79 Å². The lowest BCUT2D eigenvalue weighted by Crippen LogP contribution is -2.36. The van der Waals surface area contributed by atoms with E-state index in [1.807, 2.05) is 0 Å². The molecule has 2 heterocycles. The largest absolute Gasteiger partial charge is 0.376 e. The van der Waals surface area contributed by atoms with Crippen molar-refractivity contribution in [3.05, 3.63) is 0 Å². The Kier molecular flexibility index (Phi) is 3.31. The average molecular weight is 288 g/mol. The number of sulfonamides is 1. The highest BCUT2D eigenvalue weighted by Crippen LogP contribution is 2.34. The third-order valence-corrected chi connectivity index (χ3v) is 6.31. The fourth-order valence-corrected chi connectivity index (χ4v) is 4.42. The van der Waals surface area contributed by atoms with E-state index in [-0.39, 0.29) is 29.1 Å². The Morgan fingerprint density at radius 3 is 2.74 bits per heavy atom. The smallest absolute Gasteiger partial charge is 0.219 e. The van der Waals surface area contributed by atoms with Gasteiger partial charge in [0.05, 0.1) is 18.0 Å². The maximum absolute atomic E-state index is 11.8. The minimum atomic E-state index is -3.12. The van der Waals surface area contributed by atoms with Crippen LogP contribution in [-0.2, 0) is 19.6 Å². The molecule has 0 radical (unpaired) electrons. The molecule has 0 aromatic carbocycles. The van der Waals surface area contributed by atoms with Crippen molar-refractivity contribution in [3.63, 3.8) is 0 Å². The molecule has 2 aliphatic heterocycles. The highest BCUT2D eigenvalue weighted by atomic mass is 32.2. The molecule has 1 amide bonds. The number of rotatable bonds is 4. The van der Waals surface area contributed by atoms with Crippen LogP contribution in [0.25, 0.3) is 0 Å². The number of amides is 1. The molecule has 108 valence electrons. The monoisotopic (exact) mass is 288 g/mol. The molecule has 0 unspecified atom stereocenters. The van der Waals surface area contributed by atoms with Crippen LogP contribution in [0.15, 0.2) is 0 Å². The van der Waals surface area contributed by atoms with Crippen LogP contribution in [0, 0.1) is 11.8 Å². The number of carbonyl (C=O) groups excluding carboxylic acids is 1. The van der Waals surface area contributed by atoms with Gasteiger partial charge in [0.2, 0.25) is 15.9 Å². The highest BCUT2D eigenvalue weighted by Gasteiger charge is 2.45. The molecular weight excluding hydrogens is 268 g/mol. The van der Waals surface area contributed by atoms with Crippen LogP contribution >= 0.6 is 0 Å². The van der Waals surface area contributed by atoms with Gasteiger partial charge in [-0.25, -0.2) is 13.1 Å². The summed E-state index contributed by atoms with van der Waals surface area (Å²) in [7, 11) is -3.12. The van der Waals surface area contributed by atoms with Crippen LogP contribution in [0.3, 0.4) is 0 Å². The minimum Gasteiger partial charge on any atom is -0.376 e. The first kappa shape index (κ1) is 13.3. The summed E-state index contributed by atoms with van der Waals surface area (Å²) in [4.78, 5) is 13.1. The van der Waals surface area contributed by atoms with Gasteiger partial charge in [0.25, 0.3) is 0 Å². The number of nitrogens with zero attached hydrogens (tertiary/aromatic N) is 1. The third kappa shape index (κ3) is 2.64. The molecule has 3 fully saturated rings. The number of hydrogen-bond donors (Lipinski definition) is 1. The predicted molar refractivity (Wildman–Crippen MR) is 68.9 cm³/mol. The molecular formula is C12H20N2O4S. The molecule has 0 bridgehead atoms. The van der Waals surface area contributed by atoms with Crippen LogP contribution in [0.5, 0.6) is 0 Å². The summed E-state index contributed by atoms with van der Waals surface area (Å²) in [5.74, 6) is 0.518. The van der Waals surface area contributed by atoms with Crippen LogP contribution in [0.1, 0.15) is 19.8 Å². The summed E-state index contributed by atoms with van der Waals surface area (Å²) in [6, 6.07) is 0. The van der Waals surface area contributed by atoms with Crippen LogP contribution < -0.4 is 4.72 Å². The highest BCUT2D eigenvalue weighted by molar-refractivity contribution is 7.90. The van der Waals surface area contributed by atoms with Gasteiger partial charge in [-0.1, -0.05) is 0 Å². The average Bonchev–Trinajstić information content (AvgIpc) is 3.00. The van der Waals surface area contributed by atoms with E-state index in [9.17, 15) is 13.2 Å². The SMILES string of the molecule is CC(=O)N1C[C@@H]2[C@H](CNS(=O)(=O)C3CC3)CO[C@@H]2C1. The van der Waals surface area contributed by atoms with Crippen LogP contribution in [0.4, 0.5) is 0 Å². The normalized spacial score (nSPS) is 34.6. The first-order valence-corrected chi connectivity index (χ1v) is 8.37. The standard InChI is InChI=1S/C12H20N2O4S/c1-8(15)14-5-11-9(7-18-12(11)6-14)4-13-19(16,17)10-2-3-10/h9-13H,2-7H2,1H3/t9-,11-,12-/m1/s1. The van der Waals surface area contributed by atoms with Gasteiger partial charge in [-0.2, -0.15) is 0 Å². The van der Waals surface area contributed by atoms with Crippen LogP contribution in [-0.4, -0.2) is 56.8 Å². The number of fused-ring (bicyclic) bond motifs is 1. The maximum Gasteiger partial charge on any atom is 0.219 e. The predicted octanol–water partition coefficient (Wildman–Crippen LogP) is -0.438. The lowest BCUT2D eigenvalue weighted by atomic mass is 9.93. The summed E-state index contributed by atoms with van der Waals surface area (Å²) in [6.45, 7) is 3.92. The van der Waals surface area contributed by atoms with E-state index in [2.05, 4.69) is 4.72 Å². The molecule has 3 atom stereocenters. The van der Waals surface area contributed by atoms with E-state index in [4.69, 9.17) is 4.74 Å². The second kappa shape index (κ2) is 4.71. The zero-order valence-corrected chi connectivity index (χ0v) is 11.9. The Hall–Kier alpha value is -0.660. The Balaban J connectivity index is 1.56. The number of ether oxygens (including phenoxy) is 1. The molecule has 1 aliphatic carbocycles. The molecule has 7 heteroatoms. The second-order valence-electron chi connectivity index (χ2n) is 5.81. The molecule has 2 saturated heterocycles. The second-order valence-corrected chi connectivity index (χ2v) is 7.86. The molecule has 0 aromatic heterocycles. The molecule has 1 saturated carbocycles. The van der Waals surface area contributed by atoms with E-state index >= 15 is 0 Å². The van der Waals surface area contributed by atoms with Crippen LogP contribution in [0.2, 0.25) is 0 Å². The lowest BCUT2D eigenvalue weighted by Gasteiger charge is -2.18. The Labute approximate surface area is 113 Å². The van der Waals surface area contributed by atoms with E-state index in [0.717, 1.165) is 12.8 Å². The first-order chi connectivity index (χ1) is 8.97. The summed E-state index contributed by atoms with van der Waals surface area (Å²) in [5.41, 5.74) is 0. The summed E-state index contributed by atoms with van der Waals surface area (Å²) >= 11 is 0. The molecule has 3 aliphatic rings. The van der Waals surface area contributed by atoms with Gasteiger partial charge >= 0.3 is 0 Å². The topological polar surface area (TPSA) is 75.7 Å². The van der Waals surface area contributed by atoms with Gasteiger partial charge in [0.1, 0.15) is 0 Å². The third-order valence-electron chi connectivity index (χ3n) is 4.39. The molecule has 19 heavy (non-hydrogen) atoms. The van der Waals surface area contributed by atoms with Crippen molar-refractivity contribution in [2.45, 2.75) is 31.1 Å². The quantitative estimate of drug-likeness (QED) is 0.761. The Bertz CT molecular complexity index is 474. The van der Waals surface area contributed by atoms with Crippen molar-refractivity contribution in [3.8, 4) is 0 Å². The molecule has 0 spiro atoms. The molecule has 6 nitrogen and oxygen atoms in total. The zero-order chi connectivity index (χ0) is 13.6. The van der Waals surface area contributed by atoms with E-state index < -0.39 is 10.0 Å². The van der Waals surface area contributed by atoms with Crippen molar-refractivity contribution < 1.29 is 17.9 Å². The number of hydrogen-bond acceptors (Lipinski definition) is 4. The summed E-state index contributed by atoms with van der Waals surface area (Å²) < 4.78 is 32.0. The van der Waals surface area contributed by atoms with E-state index in [1.165, 1.54) is 0 Å². The van der Waals surface area contributed by atoms with E-state index in [0.29, 0.717) is 26.2 Å². The van der Waals surface area contributed by atoms with Gasteiger partial charge in [0.15, 0.2) is 0 Å². The lowest BCUT2D eigenvalue weighted by molar-refractivity contribution is -0.128. The molecule has 0 aromatic rings. The molecule has 3 rings (SSSR count). The Morgan fingerprint density at radius 2 is 2.11 bits per heavy atom. The maximum atomic E-state index is 11.8. The minimum absolute atomic E-state index is 0.0651. The van der Waals surface area contributed by atoms with Crippen molar-refractivity contribution >= 4 is 15.9 Å². The van der Waals surface area contributed by atoms with Gasteiger partial charge in [-0.05, 0) is 12.8 Å². The summed E-state index contributed by atoms with van der Waals surface area (Å²) in [5, 5.41) is -0.178. The Morgan fingerprint density at radius 1 is 1.37 bits per heavy atom. The fraction of sp³-hybridized carbons (Fsp3) is 0.917. The van der Waals surface area contributed by atoms with Gasteiger partial charge in [0, 0.05) is 38.4 Å². The van der Waals surface area contributed by atoms with Crippen molar-refractivity contribution in [1.82, 2.24) is 9.62 Å².